The topological polar surface area (TPSA) is 40.5 Å². The van der Waals surface area contributed by atoms with Crippen molar-refractivity contribution < 1.29 is 10.2 Å². The Labute approximate surface area is 580 Å². The first-order chi connectivity index (χ1) is 48.9. The van der Waals surface area contributed by atoms with Gasteiger partial charge >= 0.3 is 0 Å². The SMILES string of the molecule is OCC1(CC2(CC3(CO)c4ccccc4-c4ccccc43)c3ccccc3-c3ccccc32)c2ccccc2-c2ccccc21.c1ccc2c(c1)-c1ccccc1C2CC1(CC2c3ccccc3-c3ccccc32)c2ccccc2-c2ccccc21.c1ccc2c(c1)Cc1ccccc1-2. The van der Waals surface area contributed by atoms with Gasteiger partial charge in [-0.05, 0) is 188 Å². The molecule has 0 heterocycles. The van der Waals surface area contributed by atoms with Crippen LogP contribution in [0.5, 0.6) is 0 Å². The zero-order chi connectivity index (χ0) is 65.9. The van der Waals surface area contributed by atoms with Crippen LogP contribution in [-0.4, -0.2) is 23.4 Å². The lowest BCUT2D eigenvalue weighted by molar-refractivity contribution is 0.159. The van der Waals surface area contributed by atoms with E-state index >= 15 is 0 Å². The molecular weight excluding hydrogens is 1200 g/mol. The molecule has 0 saturated carbocycles. The van der Waals surface area contributed by atoms with E-state index in [1.807, 2.05) is 0 Å². The number of fused-ring (bicyclic) bond motifs is 21. The van der Waals surface area contributed by atoms with Crippen molar-refractivity contribution in [2.24, 2.45) is 0 Å². The molecule has 0 amide bonds. The highest BCUT2D eigenvalue weighted by Crippen LogP contribution is 2.66. The van der Waals surface area contributed by atoms with Gasteiger partial charge in [0.15, 0.2) is 0 Å². The molecule has 7 aliphatic rings. The third-order valence-corrected chi connectivity index (χ3v) is 24.2. The maximum Gasteiger partial charge on any atom is 0.0569 e. The van der Waals surface area contributed by atoms with E-state index < -0.39 is 16.2 Å². The van der Waals surface area contributed by atoms with Crippen LogP contribution in [0.2, 0.25) is 0 Å². The Morgan fingerprint density at radius 1 is 0.202 bits per heavy atom. The van der Waals surface area contributed by atoms with E-state index in [1.54, 1.807) is 0 Å². The Balaban J connectivity index is 0.000000117. The number of aliphatic hydroxyl groups is 2. The molecule has 0 spiro atoms. The fraction of sp³-hybridized carbons (Fsp3) is 0.134. The van der Waals surface area contributed by atoms with Crippen LogP contribution in [0.4, 0.5) is 0 Å². The molecule has 0 bridgehead atoms. The van der Waals surface area contributed by atoms with Gasteiger partial charge in [-0.25, -0.2) is 0 Å². The Hall–Kier alpha value is -11.0. The van der Waals surface area contributed by atoms with Crippen LogP contribution in [-0.2, 0) is 28.1 Å². The number of aliphatic hydroxyl groups excluding tert-OH is 2. The predicted octanol–water partition coefficient (Wildman–Crippen LogP) is 22.3. The molecule has 99 heavy (non-hydrogen) atoms. The normalized spacial score (nSPS) is 15.6. The van der Waals surface area contributed by atoms with Crippen molar-refractivity contribution in [2.45, 2.75) is 65.6 Å². The second-order valence-electron chi connectivity index (χ2n) is 28.7. The van der Waals surface area contributed by atoms with E-state index in [2.05, 4.69) is 340 Å². The highest BCUT2D eigenvalue weighted by molar-refractivity contribution is 5.89. The van der Waals surface area contributed by atoms with Crippen LogP contribution in [0.1, 0.15) is 115 Å². The summed E-state index contributed by atoms with van der Waals surface area (Å²) in [5.41, 5.74) is 35.7. The summed E-state index contributed by atoms with van der Waals surface area (Å²) in [7, 11) is 0. The average molecular weight is 1270 g/mol. The standard InChI is InChI=1S/C43H34O2.C41H30.C13H10/c44-27-42(37-21-9-3-15-31(37)32-16-4-10-22-38(32)42)25-41(35-19-7-1-13-29(35)30-14-2-8-20-36(30)41)26-43(28-45)39-23-11-5-17-33(39)34-18-6-12-24-40(34)43;1-5-17-31-27(13-1)28-14-2-6-18-32(28)37(31)25-41(39-23-11-9-21-35(39)36-22-10-12-24-40(36)41)26-38-33-19-7-3-15-29(33)30-16-4-8-20-34(30)38;1-3-7-12-10(5-1)9-11-6-2-4-8-13(11)12/h1-24,44-45H,25-28H2;1-24,37-38H,25-26H2;1-8H,9H2. The second-order valence-corrected chi connectivity index (χ2v) is 28.7. The second kappa shape index (κ2) is 23.4. The quantitative estimate of drug-likeness (QED) is 0.143. The molecule has 14 aromatic rings. The predicted molar refractivity (Wildman–Crippen MR) is 405 cm³/mol. The fourth-order valence-electron chi connectivity index (χ4n) is 20.2. The smallest absolute Gasteiger partial charge is 0.0569 e. The van der Waals surface area contributed by atoms with E-state index in [0.29, 0.717) is 24.7 Å². The van der Waals surface area contributed by atoms with Gasteiger partial charge in [0.1, 0.15) is 0 Å². The average Bonchev–Trinajstić information content (AvgIpc) is 1.56. The third-order valence-electron chi connectivity index (χ3n) is 24.2. The third kappa shape index (κ3) is 8.82. The summed E-state index contributed by atoms with van der Waals surface area (Å²) in [6.45, 7) is -0.0151. The van der Waals surface area contributed by atoms with Crippen LogP contribution in [0.15, 0.2) is 340 Å². The van der Waals surface area contributed by atoms with E-state index in [-0.39, 0.29) is 18.6 Å². The number of hydrogen-bond donors (Lipinski definition) is 2. The summed E-state index contributed by atoms with van der Waals surface area (Å²) in [4.78, 5) is 0. The molecule has 0 radical (unpaired) electrons. The van der Waals surface area contributed by atoms with Crippen LogP contribution in [0.25, 0.3) is 77.9 Å². The molecule has 2 nitrogen and oxygen atoms in total. The largest absolute Gasteiger partial charge is 0.395 e. The lowest BCUT2D eigenvalue weighted by Crippen LogP contribution is -2.45. The summed E-state index contributed by atoms with van der Waals surface area (Å²) < 4.78 is 0. The molecule has 2 heteroatoms. The molecule has 0 fully saturated rings. The van der Waals surface area contributed by atoms with Gasteiger partial charge in [-0.15, -0.1) is 0 Å². The van der Waals surface area contributed by atoms with Gasteiger partial charge < -0.3 is 10.2 Å². The van der Waals surface area contributed by atoms with Crippen molar-refractivity contribution in [2.75, 3.05) is 13.2 Å². The summed E-state index contributed by atoms with van der Waals surface area (Å²) in [6, 6.07) is 124. The Morgan fingerprint density at radius 2 is 0.394 bits per heavy atom. The summed E-state index contributed by atoms with van der Waals surface area (Å²) in [6.07, 6.45) is 4.55. The van der Waals surface area contributed by atoms with E-state index in [1.165, 1.54) is 156 Å². The van der Waals surface area contributed by atoms with Crippen molar-refractivity contribution in [3.8, 4) is 77.9 Å². The highest BCUT2D eigenvalue weighted by Gasteiger charge is 2.58. The lowest BCUT2D eigenvalue weighted by atomic mass is 9.56. The Bertz CT molecular complexity index is 5010. The minimum absolute atomic E-state index is 0.00753. The first-order valence-electron chi connectivity index (χ1n) is 35.5. The van der Waals surface area contributed by atoms with Crippen molar-refractivity contribution in [1.29, 1.82) is 0 Å². The Kier molecular flexibility index (Phi) is 14.0. The summed E-state index contributed by atoms with van der Waals surface area (Å²) in [5.74, 6) is 0.682. The molecule has 14 aromatic carbocycles. The molecule has 474 valence electrons. The fourth-order valence-corrected chi connectivity index (χ4v) is 20.2. The first-order valence-corrected chi connectivity index (χ1v) is 35.5. The molecule has 7 aliphatic carbocycles. The zero-order valence-corrected chi connectivity index (χ0v) is 55.3. The molecule has 0 aliphatic heterocycles. The number of rotatable bonds is 10. The van der Waals surface area contributed by atoms with Gasteiger partial charge in [-0.3, -0.25) is 0 Å². The van der Waals surface area contributed by atoms with Gasteiger partial charge in [-0.1, -0.05) is 340 Å². The molecular formula is C97H74O2. The summed E-state index contributed by atoms with van der Waals surface area (Å²) in [5, 5.41) is 23.5. The minimum Gasteiger partial charge on any atom is -0.395 e. The monoisotopic (exact) mass is 1270 g/mol. The van der Waals surface area contributed by atoms with Gasteiger partial charge in [0.05, 0.1) is 13.2 Å². The van der Waals surface area contributed by atoms with E-state index in [4.69, 9.17) is 0 Å². The van der Waals surface area contributed by atoms with Crippen LogP contribution in [0, 0.1) is 0 Å². The van der Waals surface area contributed by atoms with Gasteiger partial charge in [0.25, 0.3) is 0 Å². The molecule has 0 unspecified atom stereocenters. The molecule has 0 saturated heterocycles. The zero-order valence-electron chi connectivity index (χ0n) is 55.3. The van der Waals surface area contributed by atoms with Crippen LogP contribution >= 0.6 is 0 Å². The molecule has 0 atom stereocenters. The number of hydrogen-bond acceptors (Lipinski definition) is 2. The molecule has 0 aromatic heterocycles. The van der Waals surface area contributed by atoms with Crippen molar-refractivity contribution >= 4 is 0 Å². The minimum atomic E-state index is -0.633. The molecule has 2 N–H and O–H groups in total. The van der Waals surface area contributed by atoms with Crippen molar-refractivity contribution in [1.82, 2.24) is 0 Å². The molecule has 21 rings (SSSR count). The van der Waals surface area contributed by atoms with Gasteiger partial charge in [0, 0.05) is 33.5 Å². The van der Waals surface area contributed by atoms with E-state index in [9.17, 15) is 10.2 Å². The van der Waals surface area contributed by atoms with Crippen LogP contribution < -0.4 is 0 Å². The maximum absolute atomic E-state index is 11.7. The first kappa shape index (κ1) is 59.3. The highest BCUT2D eigenvalue weighted by atomic mass is 16.3. The van der Waals surface area contributed by atoms with Crippen LogP contribution in [0.3, 0.4) is 0 Å². The van der Waals surface area contributed by atoms with E-state index in [0.717, 1.165) is 19.3 Å². The van der Waals surface area contributed by atoms with Crippen molar-refractivity contribution in [3.63, 3.8) is 0 Å². The lowest BCUT2D eigenvalue weighted by Gasteiger charge is -2.46. The van der Waals surface area contributed by atoms with Gasteiger partial charge in [0.2, 0.25) is 0 Å². The maximum atomic E-state index is 11.7. The Morgan fingerprint density at radius 3 is 0.646 bits per heavy atom. The van der Waals surface area contributed by atoms with Crippen molar-refractivity contribution in [3.05, 3.63) is 418 Å². The number of benzene rings is 14. The summed E-state index contributed by atoms with van der Waals surface area (Å²) >= 11 is 0. The van der Waals surface area contributed by atoms with Gasteiger partial charge in [-0.2, -0.15) is 0 Å².